The van der Waals surface area contributed by atoms with Crippen molar-refractivity contribution in [1.29, 1.82) is 0 Å². The minimum atomic E-state index is 0.225. The number of nitrogens with one attached hydrogen (secondary N) is 1. The van der Waals surface area contributed by atoms with Gasteiger partial charge < -0.3 is 9.73 Å². The van der Waals surface area contributed by atoms with Crippen LogP contribution in [0.3, 0.4) is 0 Å². The summed E-state index contributed by atoms with van der Waals surface area (Å²) < 4.78 is 6.17. The molecule has 1 N–H and O–H groups in total. The summed E-state index contributed by atoms with van der Waals surface area (Å²) in [7, 11) is 0. The molecule has 1 heterocycles. The van der Waals surface area contributed by atoms with E-state index in [9.17, 15) is 0 Å². The second kappa shape index (κ2) is 4.63. The standard InChI is InChI=1S/C10H14BrNO/c1-7(2)6-12-8(3)9-4-5-10(11)13-9/h4-5,8,12H,1,6H2,2-3H3. The average Bonchev–Trinajstić information content (AvgIpc) is 2.47. The van der Waals surface area contributed by atoms with Gasteiger partial charge in [-0.15, -0.1) is 0 Å². The largest absolute Gasteiger partial charge is 0.453 e. The first-order chi connectivity index (χ1) is 6.09. The summed E-state index contributed by atoms with van der Waals surface area (Å²) in [5.74, 6) is 0.938. The Morgan fingerprint density at radius 3 is 2.85 bits per heavy atom. The van der Waals surface area contributed by atoms with Crippen molar-refractivity contribution in [3.8, 4) is 0 Å². The van der Waals surface area contributed by atoms with Crippen LogP contribution in [0.25, 0.3) is 0 Å². The van der Waals surface area contributed by atoms with Gasteiger partial charge in [0.05, 0.1) is 6.04 Å². The van der Waals surface area contributed by atoms with Crippen LogP contribution in [0.15, 0.2) is 33.4 Å². The van der Waals surface area contributed by atoms with E-state index in [1.807, 2.05) is 19.1 Å². The zero-order valence-corrected chi connectivity index (χ0v) is 9.52. The summed E-state index contributed by atoms with van der Waals surface area (Å²) in [6.07, 6.45) is 0. The Morgan fingerprint density at radius 1 is 1.69 bits per heavy atom. The van der Waals surface area contributed by atoms with Crippen molar-refractivity contribution >= 4 is 15.9 Å². The third kappa shape index (κ3) is 3.36. The van der Waals surface area contributed by atoms with Crippen molar-refractivity contribution < 1.29 is 4.42 Å². The molecule has 0 radical (unpaired) electrons. The molecule has 72 valence electrons. The third-order valence-corrected chi connectivity index (χ3v) is 2.16. The fraction of sp³-hybridized carbons (Fsp3) is 0.400. The molecule has 1 aromatic rings. The monoisotopic (exact) mass is 243 g/mol. The van der Waals surface area contributed by atoms with E-state index in [1.165, 1.54) is 0 Å². The van der Waals surface area contributed by atoms with Crippen LogP contribution in [-0.2, 0) is 0 Å². The second-order valence-electron chi connectivity index (χ2n) is 3.20. The number of hydrogen-bond acceptors (Lipinski definition) is 2. The van der Waals surface area contributed by atoms with Gasteiger partial charge in [0.2, 0.25) is 0 Å². The molecule has 0 spiro atoms. The summed E-state index contributed by atoms with van der Waals surface area (Å²) in [6.45, 7) is 8.70. The molecular weight excluding hydrogens is 230 g/mol. The van der Waals surface area contributed by atoms with Crippen LogP contribution < -0.4 is 5.32 Å². The molecule has 0 aliphatic carbocycles. The van der Waals surface area contributed by atoms with Crippen LogP contribution in [0.2, 0.25) is 0 Å². The Morgan fingerprint density at radius 2 is 2.38 bits per heavy atom. The zero-order chi connectivity index (χ0) is 9.84. The highest BCUT2D eigenvalue weighted by Gasteiger charge is 2.08. The molecule has 1 aromatic heterocycles. The fourth-order valence-corrected chi connectivity index (χ4v) is 1.31. The van der Waals surface area contributed by atoms with Gasteiger partial charge in [-0.2, -0.15) is 0 Å². The first-order valence-corrected chi connectivity index (χ1v) is 5.02. The summed E-state index contributed by atoms with van der Waals surface area (Å²) in [4.78, 5) is 0. The lowest BCUT2D eigenvalue weighted by Gasteiger charge is -2.10. The number of halogens is 1. The third-order valence-electron chi connectivity index (χ3n) is 1.73. The van der Waals surface area contributed by atoms with Crippen molar-refractivity contribution in [2.45, 2.75) is 19.9 Å². The molecule has 0 saturated heterocycles. The van der Waals surface area contributed by atoms with Crippen molar-refractivity contribution in [2.24, 2.45) is 0 Å². The van der Waals surface area contributed by atoms with Gasteiger partial charge >= 0.3 is 0 Å². The number of hydrogen-bond donors (Lipinski definition) is 1. The first-order valence-electron chi connectivity index (χ1n) is 4.22. The minimum Gasteiger partial charge on any atom is -0.453 e. The van der Waals surface area contributed by atoms with Gasteiger partial charge in [-0.05, 0) is 41.9 Å². The Kier molecular flexibility index (Phi) is 3.75. The molecule has 1 unspecified atom stereocenters. The summed E-state index contributed by atoms with van der Waals surface area (Å²) in [5, 5.41) is 3.30. The predicted molar refractivity (Wildman–Crippen MR) is 57.6 cm³/mol. The summed E-state index contributed by atoms with van der Waals surface area (Å²) >= 11 is 3.27. The molecule has 3 heteroatoms. The molecule has 13 heavy (non-hydrogen) atoms. The molecular formula is C10H14BrNO. The van der Waals surface area contributed by atoms with Gasteiger partial charge in [0, 0.05) is 6.54 Å². The van der Waals surface area contributed by atoms with E-state index in [0.717, 1.165) is 22.5 Å². The maximum atomic E-state index is 5.40. The van der Waals surface area contributed by atoms with Crippen LogP contribution in [0.1, 0.15) is 25.6 Å². The Hall–Kier alpha value is -0.540. The lowest BCUT2D eigenvalue weighted by molar-refractivity contribution is 0.426. The van der Waals surface area contributed by atoms with Crippen molar-refractivity contribution in [2.75, 3.05) is 6.54 Å². The molecule has 0 saturated carbocycles. The molecule has 1 atom stereocenters. The van der Waals surface area contributed by atoms with E-state index < -0.39 is 0 Å². The van der Waals surface area contributed by atoms with Crippen LogP contribution in [0.4, 0.5) is 0 Å². The Bertz CT molecular complexity index is 293. The van der Waals surface area contributed by atoms with Gasteiger partial charge in [0.25, 0.3) is 0 Å². The molecule has 0 aromatic carbocycles. The summed E-state index contributed by atoms with van der Waals surface area (Å²) in [6, 6.07) is 4.08. The van der Waals surface area contributed by atoms with Crippen LogP contribution in [0, 0.1) is 0 Å². The van der Waals surface area contributed by atoms with E-state index >= 15 is 0 Å². The average molecular weight is 244 g/mol. The molecule has 1 rings (SSSR count). The summed E-state index contributed by atoms with van der Waals surface area (Å²) in [5.41, 5.74) is 1.12. The normalized spacial score (nSPS) is 12.8. The van der Waals surface area contributed by atoms with Gasteiger partial charge in [-0.25, -0.2) is 0 Å². The quantitative estimate of drug-likeness (QED) is 0.822. The van der Waals surface area contributed by atoms with E-state index in [0.29, 0.717) is 0 Å². The molecule has 0 aliphatic rings. The molecule has 0 aliphatic heterocycles. The second-order valence-corrected chi connectivity index (χ2v) is 3.98. The van der Waals surface area contributed by atoms with E-state index in [4.69, 9.17) is 4.42 Å². The molecule has 0 amide bonds. The molecule has 0 bridgehead atoms. The Balaban J connectivity index is 2.48. The predicted octanol–water partition coefficient (Wildman–Crippen LogP) is 3.27. The SMILES string of the molecule is C=C(C)CNC(C)c1ccc(Br)o1. The van der Waals surface area contributed by atoms with Crippen LogP contribution in [0.5, 0.6) is 0 Å². The molecule has 2 nitrogen and oxygen atoms in total. The maximum absolute atomic E-state index is 5.40. The smallest absolute Gasteiger partial charge is 0.169 e. The first kappa shape index (κ1) is 10.5. The van der Waals surface area contributed by atoms with Crippen molar-refractivity contribution in [3.63, 3.8) is 0 Å². The molecule has 0 fully saturated rings. The fourth-order valence-electron chi connectivity index (χ4n) is 0.989. The topological polar surface area (TPSA) is 25.2 Å². The van der Waals surface area contributed by atoms with E-state index in [2.05, 4.69) is 34.7 Å². The van der Waals surface area contributed by atoms with Gasteiger partial charge in [-0.3, -0.25) is 0 Å². The highest BCUT2D eigenvalue weighted by atomic mass is 79.9. The minimum absolute atomic E-state index is 0.225. The Labute approximate surface area is 87.1 Å². The van der Waals surface area contributed by atoms with Gasteiger partial charge in [0.15, 0.2) is 4.67 Å². The van der Waals surface area contributed by atoms with Crippen LogP contribution in [-0.4, -0.2) is 6.54 Å². The van der Waals surface area contributed by atoms with Crippen LogP contribution >= 0.6 is 15.9 Å². The van der Waals surface area contributed by atoms with Gasteiger partial charge in [-0.1, -0.05) is 12.2 Å². The number of furan rings is 1. The van der Waals surface area contributed by atoms with E-state index in [1.54, 1.807) is 0 Å². The van der Waals surface area contributed by atoms with Crippen molar-refractivity contribution in [3.05, 3.63) is 34.7 Å². The van der Waals surface area contributed by atoms with E-state index in [-0.39, 0.29) is 6.04 Å². The highest BCUT2D eigenvalue weighted by Crippen LogP contribution is 2.19. The van der Waals surface area contributed by atoms with Crippen molar-refractivity contribution in [1.82, 2.24) is 5.32 Å². The van der Waals surface area contributed by atoms with Gasteiger partial charge in [0.1, 0.15) is 5.76 Å². The lowest BCUT2D eigenvalue weighted by atomic mass is 10.2. The zero-order valence-electron chi connectivity index (χ0n) is 7.93. The maximum Gasteiger partial charge on any atom is 0.169 e. The highest BCUT2D eigenvalue weighted by molar-refractivity contribution is 9.10. The number of rotatable bonds is 4. The lowest BCUT2D eigenvalue weighted by Crippen LogP contribution is -2.19.